The largest absolute Gasteiger partial charge is 0.353 e. The molecular weight excluding hydrogens is 307 g/mol. The van der Waals surface area contributed by atoms with Gasteiger partial charge in [0.05, 0.1) is 12.9 Å². The predicted molar refractivity (Wildman–Crippen MR) is 64.5 cm³/mol. The number of imidazole rings is 1. The molecule has 4 nitrogen and oxygen atoms in total. The molecule has 0 N–H and O–H groups in total. The standard InChI is InChI=1S/C10H15IN2O2/c11-9-7-13(8-12-9)4-6-15-10-3-1-2-5-14-10/h7-8,10H,1-6H2. The van der Waals surface area contributed by atoms with Gasteiger partial charge in [0.2, 0.25) is 0 Å². The molecule has 1 saturated heterocycles. The molecule has 0 aromatic carbocycles. The first-order chi connectivity index (χ1) is 7.34. The average Bonchev–Trinajstić information content (AvgIpc) is 2.66. The third kappa shape index (κ3) is 3.73. The number of rotatable bonds is 4. The summed E-state index contributed by atoms with van der Waals surface area (Å²) in [6, 6.07) is 0. The fourth-order valence-corrected chi connectivity index (χ4v) is 2.07. The number of aromatic nitrogens is 2. The van der Waals surface area contributed by atoms with Crippen LogP contribution in [0.5, 0.6) is 0 Å². The summed E-state index contributed by atoms with van der Waals surface area (Å²) in [5.41, 5.74) is 0. The zero-order valence-electron chi connectivity index (χ0n) is 8.56. The van der Waals surface area contributed by atoms with Crippen molar-refractivity contribution in [1.82, 2.24) is 9.55 Å². The highest BCUT2D eigenvalue weighted by Gasteiger charge is 2.13. The summed E-state index contributed by atoms with van der Waals surface area (Å²) in [6.07, 6.45) is 7.26. The first kappa shape index (κ1) is 11.3. The van der Waals surface area contributed by atoms with Gasteiger partial charge in [-0.2, -0.15) is 0 Å². The molecule has 0 aliphatic carbocycles. The summed E-state index contributed by atoms with van der Waals surface area (Å²) in [6.45, 7) is 2.38. The first-order valence-electron chi connectivity index (χ1n) is 5.25. The second kappa shape index (κ2) is 5.81. The van der Waals surface area contributed by atoms with E-state index in [-0.39, 0.29) is 6.29 Å². The van der Waals surface area contributed by atoms with E-state index in [1.165, 1.54) is 12.8 Å². The minimum atomic E-state index is 0.0151. The van der Waals surface area contributed by atoms with Crippen molar-refractivity contribution in [2.75, 3.05) is 13.2 Å². The maximum Gasteiger partial charge on any atom is 0.157 e. The van der Waals surface area contributed by atoms with Gasteiger partial charge in [-0.1, -0.05) is 0 Å². The van der Waals surface area contributed by atoms with Crippen molar-refractivity contribution in [1.29, 1.82) is 0 Å². The molecule has 2 heterocycles. The van der Waals surface area contributed by atoms with Crippen LogP contribution in [0.15, 0.2) is 12.5 Å². The third-order valence-corrected chi connectivity index (χ3v) is 2.95. The Kier molecular flexibility index (Phi) is 4.40. The Morgan fingerprint density at radius 1 is 1.60 bits per heavy atom. The Morgan fingerprint density at radius 3 is 3.20 bits per heavy atom. The van der Waals surface area contributed by atoms with Gasteiger partial charge in [-0.05, 0) is 41.9 Å². The van der Waals surface area contributed by atoms with Crippen LogP contribution in [-0.2, 0) is 16.0 Å². The van der Waals surface area contributed by atoms with Gasteiger partial charge in [-0.3, -0.25) is 0 Å². The second-order valence-electron chi connectivity index (χ2n) is 3.60. The number of ether oxygens (including phenoxy) is 2. The van der Waals surface area contributed by atoms with Gasteiger partial charge in [0.1, 0.15) is 3.70 Å². The van der Waals surface area contributed by atoms with E-state index in [1.807, 2.05) is 17.1 Å². The number of hydrogen-bond acceptors (Lipinski definition) is 3. The molecule has 5 heteroatoms. The van der Waals surface area contributed by atoms with Crippen molar-refractivity contribution < 1.29 is 9.47 Å². The highest BCUT2D eigenvalue weighted by Crippen LogP contribution is 2.13. The first-order valence-corrected chi connectivity index (χ1v) is 6.33. The van der Waals surface area contributed by atoms with Crippen molar-refractivity contribution in [3.63, 3.8) is 0 Å². The summed E-state index contributed by atoms with van der Waals surface area (Å²) in [5.74, 6) is 0. The van der Waals surface area contributed by atoms with Gasteiger partial charge >= 0.3 is 0 Å². The van der Waals surface area contributed by atoms with Crippen molar-refractivity contribution in [3.05, 3.63) is 16.2 Å². The Morgan fingerprint density at radius 2 is 2.53 bits per heavy atom. The maximum atomic E-state index is 5.62. The molecule has 1 aliphatic rings. The Hall–Kier alpha value is -0.140. The summed E-state index contributed by atoms with van der Waals surface area (Å²) >= 11 is 2.20. The third-order valence-electron chi connectivity index (χ3n) is 2.39. The van der Waals surface area contributed by atoms with Gasteiger partial charge < -0.3 is 14.0 Å². The van der Waals surface area contributed by atoms with Gasteiger partial charge in [0.15, 0.2) is 6.29 Å². The zero-order valence-corrected chi connectivity index (χ0v) is 10.7. The molecule has 1 unspecified atom stereocenters. The van der Waals surface area contributed by atoms with Gasteiger partial charge in [0, 0.05) is 19.3 Å². The van der Waals surface area contributed by atoms with Crippen molar-refractivity contribution >= 4 is 22.6 Å². The molecule has 15 heavy (non-hydrogen) atoms. The van der Waals surface area contributed by atoms with Crippen LogP contribution in [-0.4, -0.2) is 29.1 Å². The minimum Gasteiger partial charge on any atom is -0.353 e. The molecule has 0 amide bonds. The SMILES string of the molecule is Ic1cn(CCOC2CCCCO2)cn1. The molecule has 84 valence electrons. The lowest BCUT2D eigenvalue weighted by Gasteiger charge is -2.22. The van der Waals surface area contributed by atoms with E-state index in [2.05, 4.69) is 27.6 Å². The van der Waals surface area contributed by atoms with Crippen molar-refractivity contribution in [2.24, 2.45) is 0 Å². The van der Waals surface area contributed by atoms with E-state index in [9.17, 15) is 0 Å². The molecule has 0 saturated carbocycles. The second-order valence-corrected chi connectivity index (χ2v) is 4.71. The van der Waals surface area contributed by atoms with Crippen LogP contribution in [0, 0.1) is 3.70 Å². The average molecular weight is 322 g/mol. The van der Waals surface area contributed by atoms with Gasteiger partial charge in [-0.15, -0.1) is 0 Å². The summed E-state index contributed by atoms with van der Waals surface area (Å²) in [4.78, 5) is 4.14. The minimum absolute atomic E-state index is 0.0151. The highest BCUT2D eigenvalue weighted by atomic mass is 127. The van der Waals surface area contributed by atoms with Crippen LogP contribution in [0.3, 0.4) is 0 Å². The molecule has 1 aromatic heterocycles. The van der Waals surface area contributed by atoms with Crippen molar-refractivity contribution in [2.45, 2.75) is 32.1 Å². The molecule has 2 rings (SSSR count). The molecule has 0 spiro atoms. The van der Waals surface area contributed by atoms with E-state index >= 15 is 0 Å². The van der Waals surface area contributed by atoms with Gasteiger partial charge in [-0.25, -0.2) is 4.98 Å². The molecule has 1 aromatic rings. The van der Waals surface area contributed by atoms with Gasteiger partial charge in [0.25, 0.3) is 0 Å². The van der Waals surface area contributed by atoms with Crippen LogP contribution in [0.25, 0.3) is 0 Å². The summed E-state index contributed by atoms with van der Waals surface area (Å²) in [5, 5.41) is 0. The molecule has 1 aliphatic heterocycles. The molecule has 1 atom stereocenters. The fraction of sp³-hybridized carbons (Fsp3) is 0.700. The molecule has 0 bridgehead atoms. The summed E-state index contributed by atoms with van der Waals surface area (Å²) < 4.78 is 14.1. The van der Waals surface area contributed by atoms with Crippen LogP contribution in [0.1, 0.15) is 19.3 Å². The van der Waals surface area contributed by atoms with E-state index in [1.54, 1.807) is 0 Å². The van der Waals surface area contributed by atoms with Crippen LogP contribution in [0.2, 0.25) is 0 Å². The van der Waals surface area contributed by atoms with E-state index in [4.69, 9.17) is 9.47 Å². The Balaban J connectivity index is 1.65. The smallest absolute Gasteiger partial charge is 0.157 e. The number of hydrogen-bond donors (Lipinski definition) is 0. The topological polar surface area (TPSA) is 36.3 Å². The fourth-order valence-electron chi connectivity index (χ4n) is 1.59. The van der Waals surface area contributed by atoms with Crippen molar-refractivity contribution in [3.8, 4) is 0 Å². The van der Waals surface area contributed by atoms with E-state index in [0.717, 1.165) is 23.3 Å². The van der Waals surface area contributed by atoms with Crippen LogP contribution >= 0.6 is 22.6 Å². The Labute approximate surface area is 103 Å². The lowest BCUT2D eigenvalue weighted by atomic mass is 10.2. The predicted octanol–water partition coefficient (Wildman–Crippen LogP) is 2.03. The monoisotopic (exact) mass is 322 g/mol. The van der Waals surface area contributed by atoms with E-state index in [0.29, 0.717) is 6.61 Å². The molecular formula is C10H15IN2O2. The number of nitrogens with zero attached hydrogens (tertiary/aromatic N) is 2. The summed E-state index contributed by atoms with van der Waals surface area (Å²) in [7, 11) is 0. The van der Waals surface area contributed by atoms with E-state index < -0.39 is 0 Å². The molecule has 1 fully saturated rings. The normalized spacial score (nSPS) is 21.8. The Bertz CT molecular complexity index is 297. The van der Waals surface area contributed by atoms with Crippen LogP contribution in [0.4, 0.5) is 0 Å². The quantitative estimate of drug-likeness (QED) is 0.796. The van der Waals surface area contributed by atoms with Crippen LogP contribution < -0.4 is 0 Å². The lowest BCUT2D eigenvalue weighted by Crippen LogP contribution is -2.23. The molecule has 0 radical (unpaired) electrons. The maximum absolute atomic E-state index is 5.62. The lowest BCUT2D eigenvalue weighted by molar-refractivity contribution is -0.163. The zero-order chi connectivity index (χ0) is 10.5. The number of halogens is 1. The highest BCUT2D eigenvalue weighted by molar-refractivity contribution is 14.1.